The first kappa shape index (κ1) is 21.9. The average molecular weight is 390 g/mol. The maximum Gasteiger partial charge on any atom is 0.323 e. The Labute approximate surface area is 166 Å². The fourth-order valence-electron chi connectivity index (χ4n) is 3.49. The lowest BCUT2D eigenvalue weighted by atomic mass is 10.0. The summed E-state index contributed by atoms with van der Waals surface area (Å²) in [6.07, 6.45) is 4.32. The molecule has 1 unspecified atom stereocenters. The van der Waals surface area contributed by atoms with Crippen molar-refractivity contribution >= 4 is 17.8 Å². The van der Waals surface area contributed by atoms with Gasteiger partial charge in [-0.2, -0.15) is 0 Å². The number of benzene rings is 1. The van der Waals surface area contributed by atoms with Crippen molar-refractivity contribution in [2.24, 2.45) is 0 Å². The van der Waals surface area contributed by atoms with E-state index in [1.54, 1.807) is 6.92 Å². The van der Waals surface area contributed by atoms with E-state index in [1.807, 2.05) is 30.3 Å². The lowest BCUT2D eigenvalue weighted by molar-refractivity contribution is -0.148. The third-order valence-corrected chi connectivity index (χ3v) is 4.88. The first-order chi connectivity index (χ1) is 13.5. The molecule has 2 atom stereocenters. The molecule has 1 fully saturated rings. The normalized spacial score (nSPS) is 18.4. The Hall–Kier alpha value is -2.41. The van der Waals surface area contributed by atoms with Crippen LogP contribution in [0.3, 0.4) is 0 Å². The number of carboxylic acids is 1. The van der Waals surface area contributed by atoms with E-state index in [-0.39, 0.29) is 25.0 Å². The van der Waals surface area contributed by atoms with Gasteiger partial charge >= 0.3 is 11.9 Å². The summed E-state index contributed by atoms with van der Waals surface area (Å²) in [4.78, 5) is 37.5. The van der Waals surface area contributed by atoms with Crippen LogP contribution in [0.1, 0.15) is 44.6 Å². The van der Waals surface area contributed by atoms with Crippen LogP contribution < -0.4 is 5.32 Å². The molecule has 1 heterocycles. The summed E-state index contributed by atoms with van der Waals surface area (Å²) in [5.41, 5.74) is 1.20. The lowest BCUT2D eigenvalue weighted by Gasteiger charge is -2.26. The monoisotopic (exact) mass is 390 g/mol. The highest BCUT2D eigenvalue weighted by Crippen LogP contribution is 2.15. The lowest BCUT2D eigenvalue weighted by Crippen LogP contribution is -2.52. The van der Waals surface area contributed by atoms with E-state index in [0.717, 1.165) is 25.7 Å². The Morgan fingerprint density at radius 1 is 1.29 bits per heavy atom. The van der Waals surface area contributed by atoms with Crippen LogP contribution in [0.5, 0.6) is 0 Å². The van der Waals surface area contributed by atoms with Crippen molar-refractivity contribution in [1.82, 2.24) is 10.2 Å². The molecule has 0 radical (unpaired) electrons. The molecule has 0 saturated carbocycles. The van der Waals surface area contributed by atoms with E-state index in [1.165, 1.54) is 10.5 Å². The molecule has 1 aliphatic rings. The Balaban J connectivity index is 2.00. The molecule has 7 heteroatoms. The fraction of sp³-hybridized carbons (Fsp3) is 0.571. The number of rotatable bonds is 10. The number of nitrogens with zero attached hydrogens (tertiary/aromatic N) is 1. The Bertz CT molecular complexity index is 649. The second kappa shape index (κ2) is 11.4. The number of ether oxygens (including phenoxy) is 1. The summed E-state index contributed by atoms with van der Waals surface area (Å²) in [7, 11) is 0. The predicted octanol–water partition coefficient (Wildman–Crippen LogP) is 2.00. The molecule has 1 aromatic carbocycles. The molecule has 1 aromatic rings. The first-order valence-electron chi connectivity index (χ1n) is 9.98. The molecule has 1 saturated heterocycles. The summed E-state index contributed by atoms with van der Waals surface area (Å²) in [6, 6.07) is 8.88. The van der Waals surface area contributed by atoms with Crippen molar-refractivity contribution in [3.8, 4) is 0 Å². The fourth-order valence-corrected chi connectivity index (χ4v) is 3.49. The number of carbonyl (C=O) groups is 3. The Kier molecular flexibility index (Phi) is 8.94. The zero-order valence-electron chi connectivity index (χ0n) is 16.4. The number of amides is 1. The van der Waals surface area contributed by atoms with E-state index in [0.29, 0.717) is 19.4 Å². The van der Waals surface area contributed by atoms with E-state index in [2.05, 4.69) is 5.32 Å². The molecule has 1 aliphatic heterocycles. The van der Waals surface area contributed by atoms with Crippen LogP contribution in [0.25, 0.3) is 0 Å². The van der Waals surface area contributed by atoms with Crippen molar-refractivity contribution in [2.75, 3.05) is 19.7 Å². The minimum Gasteiger partial charge on any atom is -0.480 e. The van der Waals surface area contributed by atoms with Crippen molar-refractivity contribution in [2.45, 2.75) is 57.5 Å². The second-order valence-corrected chi connectivity index (χ2v) is 7.05. The van der Waals surface area contributed by atoms with Crippen LogP contribution in [0.2, 0.25) is 0 Å². The van der Waals surface area contributed by atoms with Gasteiger partial charge in [0.05, 0.1) is 12.6 Å². The van der Waals surface area contributed by atoms with Gasteiger partial charge in [0.2, 0.25) is 5.91 Å². The minimum atomic E-state index is -1.03. The number of hydrogen-bond acceptors (Lipinski definition) is 5. The molecule has 0 spiro atoms. The van der Waals surface area contributed by atoms with Gasteiger partial charge in [-0.25, -0.2) is 0 Å². The van der Waals surface area contributed by atoms with Gasteiger partial charge in [0, 0.05) is 6.54 Å². The minimum absolute atomic E-state index is 0.253. The number of carboxylic acid groups (broad SMARTS) is 1. The van der Waals surface area contributed by atoms with Crippen LogP contribution in [0, 0.1) is 0 Å². The van der Waals surface area contributed by atoms with E-state index in [4.69, 9.17) is 9.84 Å². The molecule has 7 nitrogen and oxygen atoms in total. The van der Waals surface area contributed by atoms with Gasteiger partial charge in [-0.15, -0.1) is 0 Å². The largest absolute Gasteiger partial charge is 0.480 e. The number of hydrogen-bond donors (Lipinski definition) is 2. The van der Waals surface area contributed by atoms with Gasteiger partial charge in [0.1, 0.15) is 12.6 Å². The zero-order valence-corrected chi connectivity index (χ0v) is 16.4. The summed E-state index contributed by atoms with van der Waals surface area (Å²) in [5, 5.41) is 12.2. The van der Waals surface area contributed by atoms with Crippen molar-refractivity contribution in [3.05, 3.63) is 35.9 Å². The number of nitrogens with one attached hydrogen (secondary N) is 1. The number of carbonyl (C=O) groups excluding carboxylic acids is 2. The maximum absolute atomic E-state index is 12.7. The third-order valence-electron chi connectivity index (χ3n) is 4.88. The highest BCUT2D eigenvalue weighted by Gasteiger charge is 2.32. The van der Waals surface area contributed by atoms with E-state index < -0.39 is 18.1 Å². The summed E-state index contributed by atoms with van der Waals surface area (Å²) < 4.78 is 5.19. The van der Waals surface area contributed by atoms with Crippen LogP contribution in [0.4, 0.5) is 0 Å². The van der Waals surface area contributed by atoms with Gasteiger partial charge in [0.15, 0.2) is 0 Å². The topological polar surface area (TPSA) is 95.9 Å². The van der Waals surface area contributed by atoms with Gasteiger partial charge in [-0.3, -0.25) is 19.7 Å². The molecular weight excluding hydrogens is 360 g/mol. The zero-order chi connectivity index (χ0) is 20.4. The molecule has 0 aromatic heterocycles. The number of aliphatic carboxylic acids is 1. The number of likely N-dealkylation sites (tertiary alicyclic amines) is 1. The molecule has 2 rings (SSSR count). The van der Waals surface area contributed by atoms with Crippen LogP contribution in [-0.2, 0) is 25.5 Å². The molecule has 154 valence electrons. The average Bonchev–Trinajstić information content (AvgIpc) is 2.84. The molecule has 0 aliphatic carbocycles. The first-order valence-corrected chi connectivity index (χ1v) is 9.98. The number of aryl methyl sites for hydroxylation is 1. The quantitative estimate of drug-likeness (QED) is 0.593. The Morgan fingerprint density at radius 3 is 2.71 bits per heavy atom. The molecule has 2 N–H and O–H groups in total. The van der Waals surface area contributed by atoms with Gasteiger partial charge in [0.25, 0.3) is 0 Å². The van der Waals surface area contributed by atoms with Gasteiger partial charge in [-0.05, 0) is 51.0 Å². The number of esters is 1. The van der Waals surface area contributed by atoms with Crippen LogP contribution in [-0.4, -0.2) is 59.6 Å². The smallest absolute Gasteiger partial charge is 0.323 e. The van der Waals surface area contributed by atoms with Crippen LogP contribution >= 0.6 is 0 Å². The van der Waals surface area contributed by atoms with Crippen molar-refractivity contribution < 1.29 is 24.2 Å². The standard InChI is InChI=1S/C21H30N2O5/c1-2-28-21(27)18(13-8-11-16-9-4-3-5-10-16)22-17-12-6-7-14-23(20(17)26)15-19(24)25/h3-5,9-10,17-18,22H,2,6-8,11-15H2,1H3,(H,24,25)/t17?,18-/m0/s1. The summed E-state index contributed by atoms with van der Waals surface area (Å²) >= 11 is 0. The predicted molar refractivity (Wildman–Crippen MR) is 105 cm³/mol. The maximum atomic E-state index is 12.7. The van der Waals surface area contributed by atoms with Crippen LogP contribution in [0.15, 0.2) is 30.3 Å². The summed E-state index contributed by atoms with van der Waals surface area (Å²) in [5.74, 6) is -1.64. The molecular formula is C21H30N2O5. The van der Waals surface area contributed by atoms with E-state index in [9.17, 15) is 14.4 Å². The van der Waals surface area contributed by atoms with Gasteiger partial charge < -0.3 is 14.7 Å². The second-order valence-electron chi connectivity index (χ2n) is 7.05. The van der Waals surface area contributed by atoms with E-state index >= 15 is 0 Å². The molecule has 28 heavy (non-hydrogen) atoms. The van der Waals surface area contributed by atoms with Crippen molar-refractivity contribution in [1.29, 1.82) is 0 Å². The molecule has 1 amide bonds. The van der Waals surface area contributed by atoms with Crippen molar-refractivity contribution in [3.63, 3.8) is 0 Å². The third kappa shape index (κ3) is 6.96. The Morgan fingerprint density at radius 2 is 2.04 bits per heavy atom. The van der Waals surface area contributed by atoms with Gasteiger partial charge in [-0.1, -0.05) is 30.3 Å². The highest BCUT2D eigenvalue weighted by molar-refractivity contribution is 5.86. The SMILES string of the molecule is CCOC(=O)[C@H](CCCc1ccccc1)NC1CCCCN(CC(=O)O)C1=O. The summed E-state index contributed by atoms with van der Waals surface area (Å²) in [6.45, 7) is 2.15. The highest BCUT2D eigenvalue weighted by atomic mass is 16.5. The molecule has 0 bridgehead atoms.